The van der Waals surface area contributed by atoms with Gasteiger partial charge in [-0.25, -0.2) is 0 Å². The van der Waals surface area contributed by atoms with Crippen LogP contribution in [0.5, 0.6) is 0 Å². The number of hydrogen-bond acceptors (Lipinski definition) is 3. The molecule has 0 radical (unpaired) electrons. The van der Waals surface area contributed by atoms with E-state index >= 15 is 0 Å². The van der Waals surface area contributed by atoms with E-state index in [2.05, 4.69) is 35.8 Å². The summed E-state index contributed by atoms with van der Waals surface area (Å²) in [7, 11) is 0. The average molecular weight is 249 g/mol. The molecule has 1 atom stereocenters. The van der Waals surface area contributed by atoms with E-state index in [-0.39, 0.29) is 6.04 Å². The minimum Gasteiger partial charge on any atom is -0.324 e. The molecule has 2 aromatic rings. The van der Waals surface area contributed by atoms with Gasteiger partial charge in [0.05, 0.1) is 5.69 Å². The van der Waals surface area contributed by atoms with Gasteiger partial charge in [0, 0.05) is 24.7 Å². The maximum absolute atomic E-state index is 6.27. The van der Waals surface area contributed by atoms with Crippen molar-refractivity contribution in [2.75, 3.05) is 0 Å². The third-order valence-corrected chi connectivity index (χ3v) is 3.89. The molecular formula is C13H19N3S. The fraction of sp³-hybridized carbons (Fsp3) is 0.462. The molecular weight excluding hydrogens is 230 g/mol. The summed E-state index contributed by atoms with van der Waals surface area (Å²) in [5, 5.41) is 8.75. The van der Waals surface area contributed by atoms with Crippen LogP contribution in [0.2, 0.25) is 0 Å². The van der Waals surface area contributed by atoms with Gasteiger partial charge in [0.2, 0.25) is 0 Å². The van der Waals surface area contributed by atoms with Crippen LogP contribution in [-0.4, -0.2) is 9.78 Å². The van der Waals surface area contributed by atoms with Gasteiger partial charge in [0.25, 0.3) is 0 Å². The maximum atomic E-state index is 6.27. The molecule has 92 valence electrons. The molecule has 4 heteroatoms. The molecule has 2 rings (SSSR count). The summed E-state index contributed by atoms with van der Waals surface area (Å²) in [6.07, 6.45) is 0.853. The van der Waals surface area contributed by atoms with Crippen LogP contribution in [0.3, 0.4) is 0 Å². The Labute approximate surface area is 106 Å². The lowest BCUT2D eigenvalue weighted by Gasteiger charge is -2.12. The van der Waals surface area contributed by atoms with Gasteiger partial charge >= 0.3 is 0 Å². The zero-order valence-corrected chi connectivity index (χ0v) is 11.4. The van der Waals surface area contributed by atoms with Gasteiger partial charge in [-0.2, -0.15) is 16.4 Å². The molecule has 0 aliphatic rings. The van der Waals surface area contributed by atoms with Crippen molar-refractivity contribution in [2.45, 2.75) is 39.8 Å². The Hall–Kier alpha value is -1.13. The molecule has 3 nitrogen and oxygen atoms in total. The zero-order valence-electron chi connectivity index (χ0n) is 10.6. The number of nitrogens with two attached hydrogens (primary N) is 1. The largest absolute Gasteiger partial charge is 0.324 e. The normalized spacial score (nSPS) is 12.9. The Kier molecular flexibility index (Phi) is 3.64. The Balaban J connectivity index is 2.18. The minimum atomic E-state index is 0.0719. The van der Waals surface area contributed by atoms with E-state index in [0.29, 0.717) is 0 Å². The number of hydrogen-bond donors (Lipinski definition) is 1. The van der Waals surface area contributed by atoms with E-state index in [4.69, 9.17) is 5.73 Å². The van der Waals surface area contributed by atoms with Gasteiger partial charge in [-0.05, 0) is 48.7 Å². The number of nitrogens with zero attached hydrogens (tertiary/aromatic N) is 2. The fourth-order valence-corrected chi connectivity index (χ4v) is 3.04. The number of aromatic nitrogens is 2. The van der Waals surface area contributed by atoms with Crippen LogP contribution in [0.25, 0.3) is 0 Å². The first-order valence-corrected chi connectivity index (χ1v) is 6.87. The SMILES string of the molecule is CCn1nc(C)cc1CC(N)c1cscc1C. The topological polar surface area (TPSA) is 43.8 Å². The van der Waals surface area contributed by atoms with Gasteiger partial charge in [-0.15, -0.1) is 0 Å². The molecule has 0 aliphatic heterocycles. The highest BCUT2D eigenvalue weighted by Crippen LogP contribution is 2.23. The Morgan fingerprint density at radius 3 is 2.76 bits per heavy atom. The Morgan fingerprint density at radius 2 is 2.18 bits per heavy atom. The van der Waals surface area contributed by atoms with E-state index < -0.39 is 0 Å². The summed E-state index contributed by atoms with van der Waals surface area (Å²) >= 11 is 1.72. The van der Waals surface area contributed by atoms with Gasteiger partial charge in [0.1, 0.15) is 0 Å². The molecule has 2 N–H and O–H groups in total. The molecule has 17 heavy (non-hydrogen) atoms. The van der Waals surface area contributed by atoms with E-state index in [9.17, 15) is 0 Å². The van der Waals surface area contributed by atoms with Gasteiger partial charge in [-0.3, -0.25) is 4.68 Å². The molecule has 0 spiro atoms. The third-order valence-electron chi connectivity index (χ3n) is 3.01. The monoisotopic (exact) mass is 249 g/mol. The molecule has 2 heterocycles. The highest BCUT2D eigenvalue weighted by Gasteiger charge is 2.13. The van der Waals surface area contributed by atoms with Gasteiger partial charge in [-0.1, -0.05) is 0 Å². The molecule has 0 amide bonds. The number of rotatable bonds is 4. The van der Waals surface area contributed by atoms with Crippen LogP contribution < -0.4 is 5.73 Å². The van der Waals surface area contributed by atoms with Gasteiger partial charge in [0.15, 0.2) is 0 Å². The molecule has 0 bridgehead atoms. The molecule has 2 aromatic heterocycles. The molecule has 0 saturated carbocycles. The highest BCUT2D eigenvalue weighted by molar-refractivity contribution is 7.08. The van der Waals surface area contributed by atoms with Crippen LogP contribution in [0, 0.1) is 13.8 Å². The smallest absolute Gasteiger partial charge is 0.0596 e. The van der Waals surface area contributed by atoms with Crippen LogP contribution in [0.1, 0.15) is 35.5 Å². The van der Waals surface area contributed by atoms with Gasteiger partial charge < -0.3 is 5.73 Å². The van der Waals surface area contributed by atoms with Crippen molar-refractivity contribution < 1.29 is 0 Å². The van der Waals surface area contributed by atoms with E-state index in [1.165, 1.54) is 16.8 Å². The summed E-state index contributed by atoms with van der Waals surface area (Å²) in [6, 6.07) is 2.20. The van der Waals surface area contributed by atoms with Crippen molar-refractivity contribution in [3.05, 3.63) is 39.3 Å². The van der Waals surface area contributed by atoms with Crippen molar-refractivity contribution in [2.24, 2.45) is 5.73 Å². The lowest BCUT2D eigenvalue weighted by Crippen LogP contribution is -2.16. The molecule has 0 fully saturated rings. The van der Waals surface area contributed by atoms with E-state index in [0.717, 1.165) is 18.7 Å². The molecule has 0 saturated heterocycles. The van der Waals surface area contributed by atoms with Crippen molar-refractivity contribution >= 4 is 11.3 Å². The van der Waals surface area contributed by atoms with Crippen LogP contribution in [-0.2, 0) is 13.0 Å². The minimum absolute atomic E-state index is 0.0719. The summed E-state index contributed by atoms with van der Waals surface area (Å²) in [5.41, 5.74) is 11.1. The second kappa shape index (κ2) is 5.02. The summed E-state index contributed by atoms with van der Waals surface area (Å²) in [4.78, 5) is 0. The molecule has 1 unspecified atom stereocenters. The van der Waals surface area contributed by atoms with Crippen LogP contribution >= 0.6 is 11.3 Å². The van der Waals surface area contributed by atoms with Crippen molar-refractivity contribution in [1.29, 1.82) is 0 Å². The average Bonchev–Trinajstić information content (AvgIpc) is 2.84. The predicted molar refractivity (Wildman–Crippen MR) is 72.3 cm³/mol. The second-order valence-electron chi connectivity index (χ2n) is 4.41. The first-order chi connectivity index (χ1) is 8.11. The number of aryl methyl sites for hydroxylation is 3. The standard InChI is InChI=1S/C13H19N3S/c1-4-16-11(5-10(3)15-16)6-13(14)12-8-17-7-9(12)2/h5,7-8,13H,4,6,14H2,1-3H3. The van der Waals surface area contributed by atoms with Crippen molar-refractivity contribution in [1.82, 2.24) is 9.78 Å². The molecule has 0 aromatic carbocycles. The first kappa shape index (κ1) is 12.3. The zero-order chi connectivity index (χ0) is 12.4. The van der Waals surface area contributed by atoms with E-state index in [1.807, 2.05) is 11.6 Å². The van der Waals surface area contributed by atoms with E-state index in [1.54, 1.807) is 11.3 Å². The second-order valence-corrected chi connectivity index (χ2v) is 5.16. The highest BCUT2D eigenvalue weighted by atomic mass is 32.1. The Morgan fingerprint density at radius 1 is 1.41 bits per heavy atom. The fourth-order valence-electron chi connectivity index (χ4n) is 2.12. The maximum Gasteiger partial charge on any atom is 0.0596 e. The van der Waals surface area contributed by atoms with Crippen molar-refractivity contribution in [3.63, 3.8) is 0 Å². The quantitative estimate of drug-likeness (QED) is 0.905. The predicted octanol–water partition coefficient (Wildman–Crippen LogP) is 2.82. The Bertz CT molecular complexity index is 498. The molecule has 0 aliphatic carbocycles. The van der Waals surface area contributed by atoms with Crippen LogP contribution in [0.15, 0.2) is 16.8 Å². The third kappa shape index (κ3) is 2.58. The summed E-state index contributed by atoms with van der Waals surface area (Å²) < 4.78 is 2.04. The lowest BCUT2D eigenvalue weighted by atomic mass is 10.0. The number of thiophene rings is 1. The summed E-state index contributed by atoms with van der Waals surface area (Å²) in [5.74, 6) is 0. The lowest BCUT2D eigenvalue weighted by molar-refractivity contribution is 0.587. The first-order valence-electron chi connectivity index (χ1n) is 5.93. The van der Waals surface area contributed by atoms with Crippen molar-refractivity contribution in [3.8, 4) is 0 Å². The van der Waals surface area contributed by atoms with Crippen LogP contribution in [0.4, 0.5) is 0 Å². The summed E-state index contributed by atoms with van der Waals surface area (Å²) in [6.45, 7) is 7.15.